The second-order valence-corrected chi connectivity index (χ2v) is 10.8. The molecule has 7 nitrogen and oxygen atoms in total. The molecule has 3 amide bonds. The Morgan fingerprint density at radius 1 is 0.951 bits per heavy atom. The van der Waals surface area contributed by atoms with Crippen LogP contribution in [-0.2, 0) is 16.2 Å². The lowest BCUT2D eigenvalue weighted by Gasteiger charge is -2.13. The van der Waals surface area contributed by atoms with Gasteiger partial charge in [-0.1, -0.05) is 60.1 Å². The molecule has 0 radical (unpaired) electrons. The lowest BCUT2D eigenvalue weighted by atomic mass is 10.1. The number of aryl methyl sites for hydroxylation is 1. The first-order valence-corrected chi connectivity index (χ1v) is 14.2. The normalized spacial score (nSPS) is 14.1. The van der Waals surface area contributed by atoms with Crippen LogP contribution in [0.25, 0.3) is 16.8 Å². The van der Waals surface area contributed by atoms with Crippen LogP contribution in [0, 0.1) is 6.92 Å². The van der Waals surface area contributed by atoms with Gasteiger partial charge in [0.2, 0.25) is 5.91 Å². The third-order valence-electron chi connectivity index (χ3n) is 6.40. The van der Waals surface area contributed by atoms with Crippen LogP contribution < -0.4 is 14.8 Å². The SMILES string of the molecule is CCOc1cc(/C=C2/SC(=O)N(CC(=O)Nc3ccc(C)c(Cl)c3)C2=O)ccc1OCc1ccc2ccccc2c1. The molecule has 0 saturated carbocycles. The van der Waals surface area contributed by atoms with Crippen molar-refractivity contribution in [2.45, 2.75) is 20.5 Å². The average Bonchev–Trinajstić information content (AvgIpc) is 3.21. The van der Waals surface area contributed by atoms with Gasteiger partial charge in [0.15, 0.2) is 11.5 Å². The van der Waals surface area contributed by atoms with E-state index in [4.69, 9.17) is 21.1 Å². The Bertz CT molecular complexity index is 1690. The quantitative estimate of drug-likeness (QED) is 0.205. The summed E-state index contributed by atoms with van der Waals surface area (Å²) in [6, 6.07) is 24.8. The topological polar surface area (TPSA) is 84.9 Å². The Hall–Kier alpha value is -4.27. The number of nitrogens with zero attached hydrogens (tertiary/aromatic N) is 1. The van der Waals surface area contributed by atoms with Crippen molar-refractivity contribution >= 4 is 63.0 Å². The molecular formula is C32H27ClN2O5S. The van der Waals surface area contributed by atoms with Crippen LogP contribution >= 0.6 is 23.4 Å². The van der Waals surface area contributed by atoms with Crippen LogP contribution in [0.15, 0.2) is 83.8 Å². The summed E-state index contributed by atoms with van der Waals surface area (Å²) in [6.07, 6.45) is 1.61. The van der Waals surface area contributed by atoms with E-state index >= 15 is 0 Å². The highest BCUT2D eigenvalue weighted by atomic mass is 35.5. The van der Waals surface area contributed by atoms with E-state index < -0.39 is 23.6 Å². The summed E-state index contributed by atoms with van der Waals surface area (Å²) in [5.41, 5.74) is 3.05. The summed E-state index contributed by atoms with van der Waals surface area (Å²) in [5.74, 6) is 0.0576. The molecule has 0 spiro atoms. The van der Waals surface area contributed by atoms with E-state index in [0.29, 0.717) is 41.0 Å². The number of imide groups is 1. The average molecular weight is 587 g/mol. The summed E-state index contributed by atoms with van der Waals surface area (Å²) in [5, 5.41) is 4.97. The van der Waals surface area contributed by atoms with Crippen molar-refractivity contribution in [2.24, 2.45) is 0 Å². The molecule has 208 valence electrons. The van der Waals surface area contributed by atoms with Gasteiger partial charge in [0.05, 0.1) is 11.5 Å². The summed E-state index contributed by atoms with van der Waals surface area (Å²) in [6.45, 7) is 4.11. The van der Waals surface area contributed by atoms with Gasteiger partial charge in [0.1, 0.15) is 13.2 Å². The van der Waals surface area contributed by atoms with Crippen molar-refractivity contribution in [1.29, 1.82) is 0 Å². The molecule has 1 saturated heterocycles. The maximum atomic E-state index is 13.0. The number of hydrogen-bond acceptors (Lipinski definition) is 6. The zero-order valence-corrected chi connectivity index (χ0v) is 24.1. The molecule has 41 heavy (non-hydrogen) atoms. The fraction of sp³-hybridized carbons (Fsp3) is 0.156. The van der Waals surface area contributed by atoms with Crippen molar-refractivity contribution in [3.05, 3.63) is 105 Å². The molecule has 9 heteroatoms. The number of halogens is 1. The number of ether oxygens (including phenoxy) is 2. The minimum absolute atomic E-state index is 0.216. The third kappa shape index (κ3) is 6.73. The molecule has 4 aromatic rings. The Labute approximate surface area is 247 Å². The monoisotopic (exact) mass is 586 g/mol. The van der Waals surface area contributed by atoms with Gasteiger partial charge < -0.3 is 14.8 Å². The van der Waals surface area contributed by atoms with E-state index in [1.807, 2.05) is 32.0 Å². The molecule has 0 unspecified atom stereocenters. The summed E-state index contributed by atoms with van der Waals surface area (Å²) < 4.78 is 11.9. The molecule has 1 aliphatic heterocycles. The zero-order chi connectivity index (χ0) is 28.9. The van der Waals surface area contributed by atoms with E-state index in [9.17, 15) is 14.4 Å². The summed E-state index contributed by atoms with van der Waals surface area (Å²) in [4.78, 5) is 39.3. The van der Waals surface area contributed by atoms with Crippen molar-refractivity contribution in [2.75, 3.05) is 18.5 Å². The Balaban J connectivity index is 1.26. The highest BCUT2D eigenvalue weighted by Crippen LogP contribution is 2.35. The van der Waals surface area contributed by atoms with Gasteiger partial charge in [-0.2, -0.15) is 0 Å². The van der Waals surface area contributed by atoms with Crippen LogP contribution in [0.1, 0.15) is 23.6 Å². The molecule has 5 rings (SSSR count). The van der Waals surface area contributed by atoms with E-state index in [0.717, 1.165) is 38.6 Å². The first-order valence-electron chi connectivity index (χ1n) is 13.0. The molecule has 0 aliphatic carbocycles. The Morgan fingerprint density at radius 2 is 1.76 bits per heavy atom. The molecular weight excluding hydrogens is 560 g/mol. The summed E-state index contributed by atoms with van der Waals surface area (Å²) >= 11 is 6.90. The van der Waals surface area contributed by atoms with Crippen LogP contribution in [0.5, 0.6) is 11.5 Å². The smallest absolute Gasteiger partial charge is 0.294 e. The lowest BCUT2D eigenvalue weighted by molar-refractivity contribution is -0.127. The van der Waals surface area contributed by atoms with E-state index in [1.54, 1.807) is 42.5 Å². The van der Waals surface area contributed by atoms with Gasteiger partial charge in [-0.15, -0.1) is 0 Å². The molecule has 1 aliphatic rings. The van der Waals surface area contributed by atoms with E-state index in [-0.39, 0.29) is 4.91 Å². The fourth-order valence-electron chi connectivity index (χ4n) is 4.29. The number of rotatable bonds is 9. The van der Waals surface area contributed by atoms with E-state index in [2.05, 4.69) is 29.6 Å². The number of amides is 3. The van der Waals surface area contributed by atoms with Gasteiger partial charge in [0, 0.05) is 10.7 Å². The minimum atomic E-state index is -0.535. The standard InChI is InChI=1S/C32H27ClN2O5S/c1-3-39-28-15-21(10-13-27(28)40-19-22-9-11-23-6-4-5-7-24(23)14-22)16-29-31(37)35(32(38)41-29)18-30(36)34-25-12-8-20(2)26(33)17-25/h4-17H,3,18-19H2,1-2H3,(H,34,36)/b29-16+. The minimum Gasteiger partial charge on any atom is -0.490 e. The zero-order valence-electron chi connectivity index (χ0n) is 22.5. The Morgan fingerprint density at radius 3 is 2.54 bits per heavy atom. The first-order chi connectivity index (χ1) is 19.8. The maximum absolute atomic E-state index is 13.0. The molecule has 1 N–H and O–H groups in total. The largest absolute Gasteiger partial charge is 0.490 e. The van der Waals surface area contributed by atoms with Gasteiger partial charge in [-0.3, -0.25) is 19.3 Å². The predicted octanol–water partition coefficient (Wildman–Crippen LogP) is 7.45. The van der Waals surface area contributed by atoms with Gasteiger partial charge in [-0.05, 0) is 89.5 Å². The molecule has 4 aromatic carbocycles. The van der Waals surface area contributed by atoms with Gasteiger partial charge >= 0.3 is 0 Å². The second kappa shape index (κ2) is 12.5. The highest BCUT2D eigenvalue weighted by Gasteiger charge is 2.36. The van der Waals surface area contributed by atoms with Gasteiger partial charge in [-0.25, -0.2) is 0 Å². The second-order valence-electron chi connectivity index (χ2n) is 9.39. The Kier molecular flexibility index (Phi) is 8.61. The predicted molar refractivity (Wildman–Crippen MR) is 163 cm³/mol. The number of fused-ring (bicyclic) bond motifs is 1. The number of nitrogens with one attached hydrogen (secondary N) is 1. The van der Waals surface area contributed by atoms with Crippen LogP contribution in [0.2, 0.25) is 5.02 Å². The molecule has 0 aromatic heterocycles. The summed E-state index contributed by atoms with van der Waals surface area (Å²) in [7, 11) is 0. The molecule has 0 bridgehead atoms. The van der Waals surface area contributed by atoms with Crippen molar-refractivity contribution in [3.63, 3.8) is 0 Å². The number of anilines is 1. The van der Waals surface area contributed by atoms with Crippen molar-refractivity contribution in [3.8, 4) is 11.5 Å². The third-order valence-corrected chi connectivity index (χ3v) is 7.72. The number of hydrogen-bond donors (Lipinski definition) is 1. The van der Waals surface area contributed by atoms with Gasteiger partial charge in [0.25, 0.3) is 11.1 Å². The first kappa shape index (κ1) is 28.3. The number of carbonyl (C=O) groups is 3. The number of benzene rings is 4. The van der Waals surface area contributed by atoms with Crippen molar-refractivity contribution in [1.82, 2.24) is 4.90 Å². The van der Waals surface area contributed by atoms with E-state index in [1.165, 1.54) is 0 Å². The van der Waals surface area contributed by atoms with Crippen LogP contribution in [-0.4, -0.2) is 35.1 Å². The highest BCUT2D eigenvalue weighted by molar-refractivity contribution is 8.18. The van der Waals surface area contributed by atoms with Crippen molar-refractivity contribution < 1.29 is 23.9 Å². The van der Waals surface area contributed by atoms with Crippen LogP contribution in [0.4, 0.5) is 10.5 Å². The fourth-order valence-corrected chi connectivity index (χ4v) is 5.31. The molecule has 1 heterocycles. The molecule has 1 fully saturated rings. The number of carbonyl (C=O) groups excluding carboxylic acids is 3. The lowest BCUT2D eigenvalue weighted by Crippen LogP contribution is -2.36. The maximum Gasteiger partial charge on any atom is 0.294 e. The molecule has 0 atom stereocenters. The number of thioether (sulfide) groups is 1. The van der Waals surface area contributed by atoms with Crippen LogP contribution in [0.3, 0.4) is 0 Å².